The third kappa shape index (κ3) is 6.92. The molecule has 0 unspecified atom stereocenters. The van der Waals surface area contributed by atoms with Gasteiger partial charge in [0.1, 0.15) is 0 Å². The van der Waals surface area contributed by atoms with E-state index in [9.17, 15) is 18.9 Å². The Kier molecular flexibility index (Phi) is 7.40. The van der Waals surface area contributed by atoms with Gasteiger partial charge in [-0.05, 0) is 23.3 Å². The maximum Gasteiger partial charge on any atom is 0.337 e. The molecule has 1 aliphatic rings. The number of hydrogen-bond donors (Lipinski definition) is 2. The van der Waals surface area contributed by atoms with Crippen LogP contribution in [0.1, 0.15) is 30.4 Å². The number of hydroxylamine groups is 2. The van der Waals surface area contributed by atoms with E-state index in [2.05, 4.69) is 0 Å². The van der Waals surface area contributed by atoms with E-state index in [1.807, 2.05) is 12.1 Å². The number of carbonyl (C=O) groups is 3. The normalized spacial score (nSPS) is 14.8. The smallest absolute Gasteiger partial charge is 0.330 e. The Morgan fingerprint density at radius 1 is 1.12 bits per heavy atom. The van der Waals surface area contributed by atoms with Crippen molar-refractivity contribution in [2.45, 2.75) is 31.4 Å². The molecule has 1 aliphatic heterocycles. The molecule has 0 radical (unpaired) electrons. The highest BCUT2D eigenvalue weighted by atomic mass is 32.2. The topological polar surface area (TPSA) is 121 Å². The number of thioether (sulfide) groups is 1. The first-order chi connectivity index (χ1) is 12.2. The summed E-state index contributed by atoms with van der Waals surface area (Å²) in [6, 6.07) is 7.23. The van der Waals surface area contributed by atoms with E-state index in [4.69, 9.17) is 14.6 Å². The Morgan fingerprint density at radius 2 is 1.69 bits per heavy atom. The van der Waals surface area contributed by atoms with Crippen LogP contribution >= 0.6 is 19.4 Å². The Hall–Kier alpha value is -1.67. The zero-order valence-electron chi connectivity index (χ0n) is 14.0. The lowest BCUT2D eigenvalue weighted by Gasteiger charge is -2.12. The first-order valence-electron chi connectivity index (χ1n) is 8.01. The third-order valence-corrected chi connectivity index (χ3v) is 5.59. The third-order valence-electron chi connectivity index (χ3n) is 3.58. The van der Waals surface area contributed by atoms with Crippen LogP contribution in [-0.2, 0) is 36.0 Å². The minimum absolute atomic E-state index is 0.0488. The van der Waals surface area contributed by atoms with Crippen molar-refractivity contribution in [3.63, 3.8) is 0 Å². The molecule has 2 amide bonds. The number of imide groups is 1. The first-order valence-corrected chi connectivity index (χ1v) is 11.0. The summed E-state index contributed by atoms with van der Waals surface area (Å²) in [6.45, 7) is 0. The average molecular weight is 401 g/mol. The van der Waals surface area contributed by atoms with Crippen molar-refractivity contribution in [3.8, 4) is 0 Å². The molecule has 1 saturated heterocycles. The summed E-state index contributed by atoms with van der Waals surface area (Å²) in [5.74, 6) is -0.336. The molecule has 1 heterocycles. The van der Waals surface area contributed by atoms with Gasteiger partial charge in [0, 0.05) is 18.6 Å². The van der Waals surface area contributed by atoms with E-state index in [1.54, 1.807) is 23.9 Å². The van der Waals surface area contributed by atoms with Crippen molar-refractivity contribution in [2.75, 3.05) is 11.9 Å². The molecule has 0 aliphatic carbocycles. The maximum atomic E-state index is 11.8. The van der Waals surface area contributed by atoms with Gasteiger partial charge < -0.3 is 14.6 Å². The Balaban J connectivity index is 1.73. The molecule has 2 N–H and O–H groups in total. The lowest BCUT2D eigenvalue weighted by molar-refractivity contribution is -0.197. The molecular formula is C16H20NO7PS. The van der Waals surface area contributed by atoms with E-state index in [1.165, 1.54) is 0 Å². The van der Waals surface area contributed by atoms with Gasteiger partial charge >= 0.3 is 13.6 Å². The molecule has 1 aromatic rings. The van der Waals surface area contributed by atoms with E-state index in [-0.39, 0.29) is 25.4 Å². The van der Waals surface area contributed by atoms with Crippen molar-refractivity contribution in [1.29, 1.82) is 0 Å². The summed E-state index contributed by atoms with van der Waals surface area (Å²) in [4.78, 5) is 57.0. The Morgan fingerprint density at radius 3 is 2.27 bits per heavy atom. The van der Waals surface area contributed by atoms with Gasteiger partial charge in [-0.15, -0.1) is 5.06 Å². The second-order valence-corrected chi connectivity index (χ2v) is 8.71. The van der Waals surface area contributed by atoms with Crippen LogP contribution in [0.2, 0.25) is 0 Å². The lowest BCUT2D eigenvalue weighted by Crippen LogP contribution is -2.32. The van der Waals surface area contributed by atoms with E-state index >= 15 is 0 Å². The van der Waals surface area contributed by atoms with Crippen molar-refractivity contribution in [1.82, 2.24) is 5.06 Å². The largest absolute Gasteiger partial charge is 0.337 e. The van der Waals surface area contributed by atoms with Crippen LogP contribution in [0.3, 0.4) is 0 Å². The highest BCUT2D eigenvalue weighted by molar-refractivity contribution is 7.98. The van der Waals surface area contributed by atoms with Gasteiger partial charge in [0.05, 0.1) is 12.6 Å². The summed E-state index contributed by atoms with van der Waals surface area (Å²) in [7, 11) is -3.92. The second-order valence-electron chi connectivity index (χ2n) is 5.83. The standard InChI is InChI=1S/C16H20NO7PS/c18-14-6-7-15(19)17(14)24-16(20)10-12-2-4-13(5-3-12)11-26-9-1-8-25(21,22)23/h2-5H,1,6-11H2,(H2,21,22,23). The molecule has 10 heteroatoms. The first kappa shape index (κ1) is 20.6. The maximum absolute atomic E-state index is 11.8. The zero-order valence-corrected chi connectivity index (χ0v) is 15.7. The summed E-state index contributed by atoms with van der Waals surface area (Å²) in [6.07, 6.45) is 0.419. The summed E-state index contributed by atoms with van der Waals surface area (Å²) in [5.41, 5.74) is 1.72. The van der Waals surface area contributed by atoms with Crippen LogP contribution in [0, 0.1) is 0 Å². The molecule has 1 aromatic carbocycles. The van der Waals surface area contributed by atoms with Gasteiger partial charge in [0.15, 0.2) is 0 Å². The van der Waals surface area contributed by atoms with E-state index < -0.39 is 25.4 Å². The minimum atomic E-state index is -3.92. The van der Waals surface area contributed by atoms with Gasteiger partial charge in [0.25, 0.3) is 11.8 Å². The summed E-state index contributed by atoms with van der Waals surface area (Å²) < 4.78 is 10.7. The van der Waals surface area contributed by atoms with Gasteiger partial charge in [0.2, 0.25) is 0 Å². The molecule has 0 spiro atoms. The fourth-order valence-electron chi connectivity index (χ4n) is 2.27. The molecule has 0 saturated carbocycles. The number of amides is 2. The highest BCUT2D eigenvalue weighted by Crippen LogP contribution is 2.35. The van der Waals surface area contributed by atoms with Gasteiger partial charge in [-0.1, -0.05) is 24.3 Å². The quantitative estimate of drug-likeness (QED) is 0.364. The summed E-state index contributed by atoms with van der Waals surface area (Å²) >= 11 is 1.57. The van der Waals surface area contributed by atoms with Crippen molar-refractivity contribution < 1.29 is 33.6 Å². The Labute approximate surface area is 155 Å². The van der Waals surface area contributed by atoms with Crippen LogP contribution in [0.25, 0.3) is 0 Å². The molecule has 26 heavy (non-hydrogen) atoms. The van der Waals surface area contributed by atoms with Crippen LogP contribution in [0.15, 0.2) is 24.3 Å². The number of nitrogens with zero attached hydrogens (tertiary/aromatic N) is 1. The molecule has 8 nitrogen and oxygen atoms in total. The zero-order chi connectivity index (χ0) is 19.2. The average Bonchev–Trinajstić information content (AvgIpc) is 2.87. The monoisotopic (exact) mass is 401 g/mol. The van der Waals surface area contributed by atoms with Crippen LogP contribution < -0.4 is 0 Å². The van der Waals surface area contributed by atoms with Crippen molar-refractivity contribution in [3.05, 3.63) is 35.4 Å². The van der Waals surface area contributed by atoms with Crippen LogP contribution in [0.4, 0.5) is 0 Å². The molecular weight excluding hydrogens is 381 g/mol. The summed E-state index contributed by atoms with van der Waals surface area (Å²) in [5, 5.41) is 0.533. The molecule has 2 rings (SSSR count). The number of benzene rings is 1. The van der Waals surface area contributed by atoms with Gasteiger partial charge in [-0.3, -0.25) is 14.2 Å². The molecule has 0 atom stereocenters. The molecule has 0 bridgehead atoms. The highest BCUT2D eigenvalue weighted by Gasteiger charge is 2.32. The Bertz CT molecular complexity index is 700. The van der Waals surface area contributed by atoms with E-state index in [0.29, 0.717) is 28.6 Å². The van der Waals surface area contributed by atoms with E-state index in [0.717, 1.165) is 5.56 Å². The number of hydrogen-bond acceptors (Lipinski definition) is 6. The van der Waals surface area contributed by atoms with Crippen LogP contribution in [-0.4, -0.2) is 44.5 Å². The molecule has 142 valence electrons. The van der Waals surface area contributed by atoms with Gasteiger partial charge in [-0.25, -0.2) is 4.79 Å². The minimum Gasteiger partial charge on any atom is -0.330 e. The number of rotatable bonds is 9. The van der Waals surface area contributed by atoms with Crippen LogP contribution in [0.5, 0.6) is 0 Å². The number of carbonyl (C=O) groups excluding carboxylic acids is 3. The van der Waals surface area contributed by atoms with Crippen molar-refractivity contribution in [2.24, 2.45) is 0 Å². The molecule has 0 aromatic heterocycles. The predicted octanol–water partition coefficient (Wildman–Crippen LogP) is 1.64. The van der Waals surface area contributed by atoms with Crippen molar-refractivity contribution >= 4 is 37.1 Å². The molecule has 1 fully saturated rings. The lowest BCUT2D eigenvalue weighted by atomic mass is 10.1. The van der Waals surface area contributed by atoms with Gasteiger partial charge in [-0.2, -0.15) is 11.8 Å². The fraction of sp³-hybridized carbons (Fsp3) is 0.438. The SMILES string of the molecule is O=C(Cc1ccc(CSCCCP(=O)(O)O)cc1)ON1C(=O)CCC1=O. The fourth-order valence-corrected chi connectivity index (χ4v) is 3.98. The predicted molar refractivity (Wildman–Crippen MR) is 95.0 cm³/mol. The second kappa shape index (κ2) is 9.32.